The zero-order valence-electron chi connectivity index (χ0n) is 14.0. The fraction of sp³-hybridized carbons (Fsp3) is 0.556. The number of phenolic OH excluding ortho intramolecular Hbond substituents is 1. The molecule has 0 heterocycles. The number of nitrogens with one attached hydrogen (secondary N) is 1. The minimum Gasteiger partial charge on any atom is -0.508 e. The third kappa shape index (κ3) is 13.1. The molecule has 1 aromatic carbocycles. The Balaban J connectivity index is 0.000000384. The number of phenols is 1. The van der Waals surface area contributed by atoms with Crippen molar-refractivity contribution in [2.45, 2.75) is 47.0 Å². The Morgan fingerprint density at radius 2 is 1.71 bits per heavy atom. The molecule has 120 valence electrons. The molecule has 0 saturated carbocycles. The highest BCUT2D eigenvalue weighted by Gasteiger charge is 1.96. The van der Waals surface area contributed by atoms with Gasteiger partial charge < -0.3 is 16.2 Å². The maximum absolute atomic E-state index is 8.99. The van der Waals surface area contributed by atoms with Gasteiger partial charge in [0.15, 0.2) is 0 Å². The zero-order chi connectivity index (χ0) is 16.3. The molecule has 3 nitrogen and oxygen atoms in total. The van der Waals surface area contributed by atoms with Gasteiger partial charge in [0, 0.05) is 6.54 Å². The molecule has 1 aromatic rings. The monoisotopic (exact) mass is 292 g/mol. The van der Waals surface area contributed by atoms with E-state index in [1.807, 2.05) is 12.1 Å². The van der Waals surface area contributed by atoms with Gasteiger partial charge in [0.05, 0.1) is 5.82 Å². The molecule has 0 aliphatic heterocycles. The number of hydrogen-bond donors (Lipinski definition) is 3. The summed E-state index contributed by atoms with van der Waals surface area (Å²) in [7, 11) is 0. The van der Waals surface area contributed by atoms with Crippen molar-refractivity contribution in [1.82, 2.24) is 5.32 Å². The van der Waals surface area contributed by atoms with E-state index in [0.717, 1.165) is 18.9 Å². The molecule has 4 N–H and O–H groups in total. The standard InChI is InChI=1S/C10H14O.C8H18N2/c1-8(2)7-9-3-5-10(11)6-4-9;1-7(2)5-4-6-10-8(3)9/h3-6,8,11H,7H2,1-2H3;7,10H,3-6,9H2,1-2H3. The Kier molecular flexibility index (Phi) is 10.2. The average molecular weight is 292 g/mol. The van der Waals surface area contributed by atoms with Crippen LogP contribution >= 0.6 is 0 Å². The maximum Gasteiger partial charge on any atom is 0.115 e. The predicted molar refractivity (Wildman–Crippen MR) is 92.1 cm³/mol. The first-order valence-corrected chi connectivity index (χ1v) is 7.77. The summed E-state index contributed by atoms with van der Waals surface area (Å²) in [6.07, 6.45) is 3.51. The van der Waals surface area contributed by atoms with Crippen LogP contribution in [0, 0.1) is 11.8 Å². The van der Waals surface area contributed by atoms with Crippen LogP contribution in [0.4, 0.5) is 0 Å². The molecular formula is C18H32N2O. The molecule has 0 bridgehead atoms. The lowest BCUT2D eigenvalue weighted by molar-refractivity contribution is 0.475. The summed E-state index contributed by atoms with van der Waals surface area (Å²) in [5.41, 5.74) is 6.59. The Morgan fingerprint density at radius 1 is 1.14 bits per heavy atom. The largest absolute Gasteiger partial charge is 0.508 e. The molecular weight excluding hydrogens is 260 g/mol. The van der Waals surface area contributed by atoms with Crippen molar-refractivity contribution in [3.05, 3.63) is 42.2 Å². The second kappa shape index (κ2) is 11.1. The fourth-order valence-electron chi connectivity index (χ4n) is 1.86. The third-order valence-electron chi connectivity index (χ3n) is 2.89. The molecule has 3 heteroatoms. The second-order valence-electron chi connectivity index (χ2n) is 6.25. The van der Waals surface area contributed by atoms with E-state index in [1.165, 1.54) is 18.4 Å². The Labute approximate surface area is 130 Å². The van der Waals surface area contributed by atoms with Gasteiger partial charge in [-0.3, -0.25) is 0 Å². The number of rotatable bonds is 7. The van der Waals surface area contributed by atoms with E-state index in [0.29, 0.717) is 17.5 Å². The van der Waals surface area contributed by atoms with E-state index >= 15 is 0 Å². The molecule has 21 heavy (non-hydrogen) atoms. The predicted octanol–water partition coefficient (Wildman–Crippen LogP) is 4.03. The fourth-order valence-corrected chi connectivity index (χ4v) is 1.86. The summed E-state index contributed by atoms with van der Waals surface area (Å²) >= 11 is 0. The van der Waals surface area contributed by atoms with Crippen LogP contribution in [0.5, 0.6) is 5.75 Å². The summed E-state index contributed by atoms with van der Waals surface area (Å²) in [5.74, 6) is 2.38. The maximum atomic E-state index is 8.99. The number of aromatic hydroxyl groups is 1. The molecule has 0 radical (unpaired) electrons. The molecule has 0 aliphatic carbocycles. The normalized spacial score (nSPS) is 10.2. The molecule has 0 aliphatic rings. The van der Waals surface area contributed by atoms with Crippen molar-refractivity contribution >= 4 is 0 Å². The second-order valence-corrected chi connectivity index (χ2v) is 6.25. The van der Waals surface area contributed by atoms with Crippen LogP contribution in [0.25, 0.3) is 0 Å². The topological polar surface area (TPSA) is 58.3 Å². The van der Waals surface area contributed by atoms with Gasteiger partial charge in [-0.15, -0.1) is 0 Å². The van der Waals surface area contributed by atoms with Crippen molar-refractivity contribution in [2.24, 2.45) is 17.6 Å². The van der Waals surface area contributed by atoms with E-state index in [-0.39, 0.29) is 0 Å². The number of hydrogen-bond acceptors (Lipinski definition) is 3. The van der Waals surface area contributed by atoms with Gasteiger partial charge >= 0.3 is 0 Å². The highest BCUT2D eigenvalue weighted by Crippen LogP contribution is 2.12. The van der Waals surface area contributed by atoms with Crippen LogP contribution in [0.2, 0.25) is 0 Å². The van der Waals surface area contributed by atoms with E-state index < -0.39 is 0 Å². The first-order chi connectivity index (χ1) is 9.81. The van der Waals surface area contributed by atoms with Gasteiger partial charge in [0.25, 0.3) is 0 Å². The lowest BCUT2D eigenvalue weighted by Gasteiger charge is -2.05. The molecule has 0 atom stereocenters. The van der Waals surface area contributed by atoms with Gasteiger partial charge in [0.2, 0.25) is 0 Å². The third-order valence-corrected chi connectivity index (χ3v) is 2.89. The first kappa shape index (κ1) is 19.4. The summed E-state index contributed by atoms with van der Waals surface area (Å²) in [4.78, 5) is 0. The van der Waals surface area contributed by atoms with E-state index in [9.17, 15) is 0 Å². The molecule has 0 unspecified atom stereocenters. The van der Waals surface area contributed by atoms with Gasteiger partial charge in [-0.05, 0) is 48.8 Å². The van der Waals surface area contributed by atoms with Crippen LogP contribution in [0.1, 0.15) is 46.1 Å². The molecule has 0 fully saturated rings. The van der Waals surface area contributed by atoms with Crippen LogP contribution in [-0.4, -0.2) is 11.7 Å². The van der Waals surface area contributed by atoms with Crippen LogP contribution < -0.4 is 11.1 Å². The number of benzene rings is 1. The van der Waals surface area contributed by atoms with Crippen molar-refractivity contribution in [3.8, 4) is 5.75 Å². The quantitative estimate of drug-likeness (QED) is 0.665. The molecule has 0 spiro atoms. The molecule has 0 saturated heterocycles. The number of nitrogens with two attached hydrogens (primary N) is 1. The van der Waals surface area contributed by atoms with E-state index in [4.69, 9.17) is 10.8 Å². The minimum absolute atomic E-state index is 0.345. The van der Waals surface area contributed by atoms with Gasteiger partial charge in [-0.2, -0.15) is 0 Å². The SMILES string of the molecule is C=C(N)NCCCC(C)C.CC(C)Cc1ccc(O)cc1. The lowest BCUT2D eigenvalue weighted by atomic mass is 10.0. The van der Waals surface area contributed by atoms with Gasteiger partial charge in [-0.25, -0.2) is 0 Å². The van der Waals surface area contributed by atoms with E-state index in [2.05, 4.69) is 39.6 Å². The summed E-state index contributed by atoms with van der Waals surface area (Å²) < 4.78 is 0. The molecule has 1 rings (SSSR count). The van der Waals surface area contributed by atoms with Crippen molar-refractivity contribution in [1.29, 1.82) is 0 Å². The molecule has 0 amide bonds. The van der Waals surface area contributed by atoms with Crippen molar-refractivity contribution in [2.75, 3.05) is 6.54 Å². The van der Waals surface area contributed by atoms with Crippen molar-refractivity contribution < 1.29 is 5.11 Å². The summed E-state index contributed by atoms with van der Waals surface area (Å²) in [5, 5.41) is 12.0. The summed E-state index contributed by atoms with van der Waals surface area (Å²) in [6.45, 7) is 13.3. The van der Waals surface area contributed by atoms with Crippen LogP contribution in [0.15, 0.2) is 36.7 Å². The highest BCUT2D eigenvalue weighted by molar-refractivity contribution is 5.25. The van der Waals surface area contributed by atoms with Crippen LogP contribution in [0.3, 0.4) is 0 Å². The van der Waals surface area contributed by atoms with Gasteiger partial charge in [0.1, 0.15) is 5.75 Å². The Bertz CT molecular complexity index is 383. The first-order valence-electron chi connectivity index (χ1n) is 7.77. The van der Waals surface area contributed by atoms with Gasteiger partial charge in [-0.1, -0.05) is 46.4 Å². The smallest absolute Gasteiger partial charge is 0.115 e. The van der Waals surface area contributed by atoms with Crippen LogP contribution in [-0.2, 0) is 6.42 Å². The minimum atomic E-state index is 0.345. The Morgan fingerprint density at radius 3 is 2.14 bits per heavy atom. The lowest BCUT2D eigenvalue weighted by Crippen LogP contribution is -2.19. The van der Waals surface area contributed by atoms with E-state index in [1.54, 1.807) is 12.1 Å². The highest BCUT2D eigenvalue weighted by atomic mass is 16.3. The Hall–Kier alpha value is -1.64. The average Bonchev–Trinajstić information content (AvgIpc) is 2.37. The van der Waals surface area contributed by atoms with Crippen molar-refractivity contribution in [3.63, 3.8) is 0 Å². The molecule has 0 aromatic heterocycles. The zero-order valence-corrected chi connectivity index (χ0v) is 14.0. The summed E-state index contributed by atoms with van der Waals surface area (Å²) in [6, 6.07) is 7.40.